The summed E-state index contributed by atoms with van der Waals surface area (Å²) >= 11 is 12.9. The Labute approximate surface area is 230 Å². The van der Waals surface area contributed by atoms with Crippen LogP contribution < -0.4 is 9.64 Å². The number of methoxy groups -OCH3 is 1. The second-order valence-electron chi connectivity index (χ2n) is 10.7. The molecule has 2 aliphatic carbocycles. The van der Waals surface area contributed by atoms with Crippen LogP contribution in [0.25, 0.3) is 27.7 Å². The molecule has 0 radical (unpaired) electrons. The molecular formula is C30H26Cl2FN3O2. The zero-order chi connectivity index (χ0) is 26.0. The molecule has 0 atom stereocenters. The Morgan fingerprint density at radius 1 is 1.05 bits per heavy atom. The van der Waals surface area contributed by atoms with E-state index in [0.29, 0.717) is 17.2 Å². The van der Waals surface area contributed by atoms with Crippen LogP contribution in [0.4, 0.5) is 10.1 Å². The molecule has 194 valence electrons. The highest BCUT2D eigenvalue weighted by atomic mass is 35.5. The lowest BCUT2D eigenvalue weighted by molar-refractivity contribution is 0.277. The Hall–Kier alpha value is -3.09. The predicted octanol–water partition coefficient (Wildman–Crippen LogP) is 8.30. The van der Waals surface area contributed by atoms with Gasteiger partial charge in [0.2, 0.25) is 0 Å². The molecule has 3 aliphatic rings. The maximum Gasteiger partial charge on any atom is 0.147 e. The van der Waals surface area contributed by atoms with Gasteiger partial charge in [-0.15, -0.1) is 0 Å². The molecule has 0 bridgehead atoms. The number of rotatable bonds is 5. The van der Waals surface area contributed by atoms with Gasteiger partial charge in [-0.3, -0.25) is 4.98 Å². The number of hydrogen-bond donors (Lipinski definition) is 0. The summed E-state index contributed by atoms with van der Waals surface area (Å²) in [5, 5.41) is 5.92. The fraction of sp³-hybridized carbons (Fsp3) is 0.333. The molecule has 5 nitrogen and oxygen atoms in total. The third kappa shape index (κ3) is 3.97. The quantitative estimate of drug-likeness (QED) is 0.250. The topological polar surface area (TPSA) is 51.4 Å². The fourth-order valence-electron chi connectivity index (χ4n) is 6.07. The van der Waals surface area contributed by atoms with Crippen molar-refractivity contribution >= 4 is 45.4 Å². The average molecular weight is 550 g/mol. The Balaban J connectivity index is 1.16. The van der Waals surface area contributed by atoms with E-state index in [4.69, 9.17) is 32.5 Å². The summed E-state index contributed by atoms with van der Waals surface area (Å²) in [7, 11) is 1.69. The van der Waals surface area contributed by atoms with E-state index < -0.39 is 5.82 Å². The van der Waals surface area contributed by atoms with Crippen molar-refractivity contribution < 1.29 is 13.7 Å². The highest BCUT2D eigenvalue weighted by Gasteiger charge is 2.44. The summed E-state index contributed by atoms with van der Waals surface area (Å²) in [4.78, 5) is 6.91. The van der Waals surface area contributed by atoms with Gasteiger partial charge in [-0.05, 0) is 79.5 Å². The van der Waals surface area contributed by atoms with Gasteiger partial charge >= 0.3 is 0 Å². The summed E-state index contributed by atoms with van der Waals surface area (Å²) < 4.78 is 25.3. The number of pyridine rings is 1. The Morgan fingerprint density at radius 2 is 1.79 bits per heavy atom. The summed E-state index contributed by atoms with van der Waals surface area (Å²) in [6, 6.07) is 10.9. The molecule has 7 rings (SSSR count). The molecule has 4 aromatic rings. The molecule has 1 saturated carbocycles. The largest absolute Gasteiger partial charge is 0.496 e. The lowest BCUT2D eigenvalue weighted by atomic mass is 9.63. The van der Waals surface area contributed by atoms with Gasteiger partial charge in [0, 0.05) is 47.4 Å². The van der Waals surface area contributed by atoms with Gasteiger partial charge in [0.25, 0.3) is 0 Å². The van der Waals surface area contributed by atoms with Gasteiger partial charge in [-0.1, -0.05) is 34.4 Å². The molecule has 3 heterocycles. The van der Waals surface area contributed by atoms with Crippen molar-refractivity contribution in [1.82, 2.24) is 10.1 Å². The highest BCUT2D eigenvalue weighted by Crippen LogP contribution is 2.56. The van der Waals surface area contributed by atoms with E-state index in [1.165, 1.54) is 23.4 Å². The molecule has 0 N–H and O–H groups in total. The van der Waals surface area contributed by atoms with Gasteiger partial charge in [-0.25, -0.2) is 4.39 Å². The maximum absolute atomic E-state index is 13.9. The first-order valence-electron chi connectivity index (χ1n) is 13.0. The second kappa shape index (κ2) is 8.99. The van der Waals surface area contributed by atoms with Crippen molar-refractivity contribution in [2.24, 2.45) is 5.41 Å². The number of allylic oxidation sites excluding steroid dienone is 2. The summed E-state index contributed by atoms with van der Waals surface area (Å²) in [6.07, 6.45) is 9.45. The SMILES string of the molecule is COc1ccnc2ccc(N3CCC4(C=C(c5c(-c6c(Cl)cc(F)cc6Cl)noc5C5CC5)C4)CC3)cc12. The van der Waals surface area contributed by atoms with Crippen LogP contribution in [0.5, 0.6) is 5.75 Å². The van der Waals surface area contributed by atoms with Crippen LogP contribution in [-0.4, -0.2) is 30.3 Å². The Morgan fingerprint density at radius 3 is 2.47 bits per heavy atom. The molecule has 8 heteroatoms. The van der Waals surface area contributed by atoms with Crippen molar-refractivity contribution in [3.05, 3.63) is 75.9 Å². The molecule has 2 fully saturated rings. The van der Waals surface area contributed by atoms with E-state index in [0.717, 1.165) is 73.2 Å². The minimum Gasteiger partial charge on any atom is -0.496 e. The van der Waals surface area contributed by atoms with Gasteiger partial charge in [0.15, 0.2) is 0 Å². The second-order valence-corrected chi connectivity index (χ2v) is 11.5. The first-order chi connectivity index (χ1) is 18.4. The highest BCUT2D eigenvalue weighted by molar-refractivity contribution is 6.39. The maximum atomic E-state index is 13.9. The molecule has 38 heavy (non-hydrogen) atoms. The monoisotopic (exact) mass is 549 g/mol. The molecular weight excluding hydrogens is 524 g/mol. The van der Waals surface area contributed by atoms with E-state index in [9.17, 15) is 4.39 Å². The van der Waals surface area contributed by atoms with Crippen molar-refractivity contribution in [2.45, 2.75) is 38.0 Å². The summed E-state index contributed by atoms with van der Waals surface area (Å²) in [5.41, 5.74) is 5.69. The number of anilines is 1. The predicted molar refractivity (Wildman–Crippen MR) is 149 cm³/mol. The van der Waals surface area contributed by atoms with Crippen LogP contribution in [0, 0.1) is 11.2 Å². The first kappa shape index (κ1) is 24.0. The van der Waals surface area contributed by atoms with Gasteiger partial charge in [0.05, 0.1) is 22.7 Å². The van der Waals surface area contributed by atoms with E-state index >= 15 is 0 Å². The molecule has 1 saturated heterocycles. The number of piperidine rings is 1. The standard InChI is InChI=1S/C30H26Cl2FN3O2/c1-37-25-6-9-34-24-5-4-20(14-21(24)25)36-10-7-30(8-11-36)15-18(16-30)26-28(35-38-29(26)17-2-3-17)27-22(31)12-19(33)13-23(27)32/h4-6,9,12-15,17H,2-3,7-8,10-11,16H2,1H3. The number of fused-ring (bicyclic) bond motifs is 1. The van der Waals surface area contributed by atoms with Crippen molar-refractivity contribution in [3.63, 3.8) is 0 Å². The fourth-order valence-corrected chi connectivity index (χ4v) is 6.71. The van der Waals surface area contributed by atoms with Crippen molar-refractivity contribution in [2.75, 3.05) is 25.1 Å². The molecule has 0 unspecified atom stereocenters. The smallest absolute Gasteiger partial charge is 0.147 e. The lowest BCUT2D eigenvalue weighted by Crippen LogP contribution is -2.42. The van der Waals surface area contributed by atoms with Crippen LogP contribution in [0.1, 0.15) is 49.3 Å². The molecule has 1 spiro atoms. The number of hydrogen-bond acceptors (Lipinski definition) is 5. The number of nitrogens with zero attached hydrogens (tertiary/aromatic N) is 3. The zero-order valence-electron chi connectivity index (χ0n) is 20.9. The third-order valence-corrected chi connectivity index (χ3v) is 8.88. The third-order valence-electron chi connectivity index (χ3n) is 8.28. The summed E-state index contributed by atoms with van der Waals surface area (Å²) in [5.74, 6) is 1.66. The number of halogens is 3. The van der Waals surface area contributed by atoms with Crippen LogP contribution >= 0.6 is 23.2 Å². The van der Waals surface area contributed by atoms with E-state index in [1.807, 2.05) is 6.07 Å². The number of ether oxygens (including phenoxy) is 1. The van der Waals surface area contributed by atoms with E-state index in [2.05, 4.69) is 39.3 Å². The molecule has 1 aliphatic heterocycles. The Bertz CT molecular complexity index is 1580. The van der Waals surface area contributed by atoms with E-state index in [1.54, 1.807) is 13.3 Å². The lowest BCUT2D eigenvalue weighted by Gasteiger charge is -2.47. The number of benzene rings is 2. The van der Waals surface area contributed by atoms with Crippen molar-refractivity contribution in [1.29, 1.82) is 0 Å². The molecule has 2 aromatic heterocycles. The zero-order valence-corrected chi connectivity index (χ0v) is 22.4. The molecule has 2 aromatic carbocycles. The van der Waals surface area contributed by atoms with Crippen LogP contribution in [0.2, 0.25) is 10.0 Å². The van der Waals surface area contributed by atoms with Crippen LogP contribution in [0.3, 0.4) is 0 Å². The van der Waals surface area contributed by atoms with Gasteiger partial charge in [-0.2, -0.15) is 0 Å². The van der Waals surface area contributed by atoms with Crippen molar-refractivity contribution in [3.8, 4) is 17.0 Å². The van der Waals surface area contributed by atoms with Crippen LogP contribution in [-0.2, 0) is 0 Å². The first-order valence-corrected chi connectivity index (χ1v) is 13.7. The average Bonchev–Trinajstić information content (AvgIpc) is 3.66. The van der Waals surface area contributed by atoms with Gasteiger partial charge in [0.1, 0.15) is 23.0 Å². The van der Waals surface area contributed by atoms with Gasteiger partial charge < -0.3 is 14.2 Å². The van der Waals surface area contributed by atoms with Crippen LogP contribution in [0.15, 0.2) is 53.2 Å². The summed E-state index contributed by atoms with van der Waals surface area (Å²) in [6.45, 7) is 1.94. The minimum absolute atomic E-state index is 0.160. The van der Waals surface area contributed by atoms with E-state index in [-0.39, 0.29) is 15.5 Å². The Kier molecular flexibility index (Phi) is 5.68. The number of aromatic nitrogens is 2. The minimum atomic E-state index is -0.467. The normalized spacial score (nSPS) is 18.5. The molecule has 0 amide bonds.